The Balaban J connectivity index is 2.48. The van der Waals surface area contributed by atoms with Gasteiger partial charge in [0.25, 0.3) is 0 Å². The molecule has 0 aliphatic carbocycles. The van der Waals surface area contributed by atoms with E-state index in [1.165, 1.54) is 0 Å². The van der Waals surface area contributed by atoms with Gasteiger partial charge in [-0.25, -0.2) is 0 Å². The summed E-state index contributed by atoms with van der Waals surface area (Å²) in [6.45, 7) is 2.31. The lowest BCUT2D eigenvalue weighted by Gasteiger charge is -2.17. The predicted molar refractivity (Wildman–Crippen MR) is 66.0 cm³/mol. The summed E-state index contributed by atoms with van der Waals surface area (Å²) in [6.07, 6.45) is -0.332. The average molecular weight is 237 g/mol. The van der Waals surface area contributed by atoms with Crippen molar-refractivity contribution in [2.75, 3.05) is 20.8 Å². The van der Waals surface area contributed by atoms with E-state index in [4.69, 9.17) is 9.47 Å². The minimum Gasteiger partial charge on any atom is -0.355 e. The number of ether oxygens (including phenoxy) is 2. The van der Waals surface area contributed by atoms with E-state index in [0.717, 1.165) is 0 Å². The maximum absolute atomic E-state index is 12.0. The molecule has 0 aliphatic rings. The van der Waals surface area contributed by atoms with Crippen LogP contribution in [0.5, 0.6) is 0 Å². The maximum Gasteiger partial charge on any atom is 0.179 e. The maximum atomic E-state index is 12.0. The molecule has 0 amide bonds. The monoisotopic (exact) mass is 237 g/mol. The number of carbonyl (C=O) groups is 1. The van der Waals surface area contributed by atoms with Crippen molar-refractivity contribution >= 4 is 5.78 Å². The Hall–Kier alpha value is -1.23. The van der Waals surface area contributed by atoms with Crippen molar-refractivity contribution in [1.82, 2.24) is 5.32 Å². The number of Topliss-reactive ketones (excluding diaryl/α,β-unsaturated/α-hetero) is 1. The second-order valence-electron chi connectivity index (χ2n) is 3.76. The zero-order chi connectivity index (χ0) is 12.7. The smallest absolute Gasteiger partial charge is 0.179 e. The first-order valence-corrected chi connectivity index (χ1v) is 5.57. The molecule has 0 aromatic heterocycles. The lowest BCUT2D eigenvalue weighted by molar-refractivity contribution is -0.0992. The second-order valence-corrected chi connectivity index (χ2v) is 3.76. The van der Waals surface area contributed by atoms with Crippen molar-refractivity contribution < 1.29 is 14.3 Å². The van der Waals surface area contributed by atoms with Gasteiger partial charge in [0, 0.05) is 26.3 Å². The third-order valence-corrected chi connectivity index (χ3v) is 2.57. The predicted octanol–water partition coefficient (Wildman–Crippen LogP) is 1.47. The Labute approximate surface area is 102 Å². The Morgan fingerprint density at radius 3 is 2.35 bits per heavy atom. The number of methoxy groups -OCH3 is 2. The Morgan fingerprint density at radius 2 is 1.82 bits per heavy atom. The highest BCUT2D eigenvalue weighted by Crippen LogP contribution is 2.03. The quantitative estimate of drug-likeness (QED) is 0.576. The number of benzene rings is 1. The van der Waals surface area contributed by atoms with Crippen LogP contribution in [-0.2, 0) is 9.47 Å². The van der Waals surface area contributed by atoms with Crippen LogP contribution in [0, 0.1) is 0 Å². The number of carbonyl (C=O) groups excluding carboxylic acids is 1. The van der Waals surface area contributed by atoms with Crippen molar-refractivity contribution in [2.45, 2.75) is 19.3 Å². The molecule has 0 aliphatic heterocycles. The molecule has 0 saturated carbocycles. The Bertz CT molecular complexity index is 336. The summed E-state index contributed by atoms with van der Waals surface area (Å²) >= 11 is 0. The zero-order valence-corrected chi connectivity index (χ0v) is 10.5. The van der Waals surface area contributed by atoms with E-state index in [1.54, 1.807) is 14.2 Å². The highest BCUT2D eigenvalue weighted by Gasteiger charge is 2.15. The number of hydrogen-bond acceptors (Lipinski definition) is 4. The van der Waals surface area contributed by atoms with E-state index in [2.05, 4.69) is 5.32 Å². The van der Waals surface area contributed by atoms with Gasteiger partial charge in [0.15, 0.2) is 12.1 Å². The second kappa shape index (κ2) is 7.17. The number of nitrogens with one attached hydrogen (secondary N) is 1. The summed E-state index contributed by atoms with van der Waals surface area (Å²) < 4.78 is 10.1. The molecule has 4 nitrogen and oxygen atoms in total. The minimum atomic E-state index is -0.332. The molecular weight excluding hydrogens is 218 g/mol. The molecule has 1 atom stereocenters. The highest BCUT2D eigenvalue weighted by atomic mass is 16.7. The van der Waals surface area contributed by atoms with Gasteiger partial charge in [0.1, 0.15) is 0 Å². The lowest BCUT2D eigenvalue weighted by Crippen LogP contribution is -2.40. The molecule has 0 spiro atoms. The van der Waals surface area contributed by atoms with Crippen LogP contribution in [0.2, 0.25) is 0 Å². The van der Waals surface area contributed by atoms with E-state index >= 15 is 0 Å². The molecular formula is C13H19NO3. The number of rotatable bonds is 7. The van der Waals surface area contributed by atoms with Crippen molar-refractivity contribution in [3.63, 3.8) is 0 Å². The fourth-order valence-corrected chi connectivity index (χ4v) is 1.48. The van der Waals surface area contributed by atoms with Crippen LogP contribution < -0.4 is 5.32 Å². The molecule has 1 aromatic rings. The van der Waals surface area contributed by atoms with Crippen molar-refractivity contribution in [3.05, 3.63) is 35.9 Å². The van der Waals surface area contributed by atoms with E-state index in [9.17, 15) is 4.79 Å². The molecule has 1 aromatic carbocycles. The van der Waals surface area contributed by atoms with E-state index in [0.29, 0.717) is 12.1 Å². The van der Waals surface area contributed by atoms with E-state index in [1.807, 2.05) is 37.3 Å². The zero-order valence-electron chi connectivity index (χ0n) is 10.5. The number of ketones is 1. The molecule has 0 bridgehead atoms. The summed E-state index contributed by atoms with van der Waals surface area (Å²) in [5.41, 5.74) is 0.707. The molecule has 0 saturated heterocycles. The lowest BCUT2D eigenvalue weighted by atomic mass is 10.1. The van der Waals surface area contributed by atoms with Crippen molar-refractivity contribution in [2.24, 2.45) is 0 Å². The van der Waals surface area contributed by atoms with Crippen molar-refractivity contribution in [3.8, 4) is 0 Å². The van der Waals surface area contributed by atoms with Gasteiger partial charge >= 0.3 is 0 Å². The molecule has 1 unspecified atom stereocenters. The molecule has 94 valence electrons. The fraction of sp³-hybridized carbons (Fsp3) is 0.462. The van der Waals surface area contributed by atoms with Gasteiger partial charge in [-0.2, -0.15) is 0 Å². The third kappa shape index (κ3) is 4.26. The third-order valence-electron chi connectivity index (χ3n) is 2.57. The Morgan fingerprint density at radius 1 is 1.24 bits per heavy atom. The van der Waals surface area contributed by atoms with Gasteiger partial charge in [-0.05, 0) is 6.92 Å². The van der Waals surface area contributed by atoms with Gasteiger partial charge in [0.05, 0.1) is 6.04 Å². The van der Waals surface area contributed by atoms with Crippen LogP contribution >= 0.6 is 0 Å². The van der Waals surface area contributed by atoms with Crippen LogP contribution in [-0.4, -0.2) is 38.9 Å². The molecule has 0 radical (unpaired) electrons. The van der Waals surface area contributed by atoms with Crippen LogP contribution in [0.4, 0.5) is 0 Å². The first-order chi connectivity index (χ1) is 8.19. The van der Waals surface area contributed by atoms with E-state index < -0.39 is 0 Å². The van der Waals surface area contributed by atoms with E-state index in [-0.39, 0.29) is 18.1 Å². The minimum absolute atomic E-state index is 0.0663. The molecule has 0 heterocycles. The summed E-state index contributed by atoms with van der Waals surface area (Å²) in [6, 6.07) is 8.96. The largest absolute Gasteiger partial charge is 0.355 e. The topological polar surface area (TPSA) is 47.6 Å². The molecule has 4 heteroatoms. The molecule has 1 N–H and O–H groups in total. The van der Waals surface area contributed by atoms with Gasteiger partial charge < -0.3 is 14.8 Å². The van der Waals surface area contributed by atoms with Gasteiger partial charge in [0.2, 0.25) is 0 Å². The van der Waals surface area contributed by atoms with Gasteiger partial charge in [-0.1, -0.05) is 30.3 Å². The van der Waals surface area contributed by atoms with Crippen LogP contribution in [0.1, 0.15) is 17.3 Å². The molecule has 0 fully saturated rings. The number of hydrogen-bond donors (Lipinski definition) is 1. The summed E-state index contributed by atoms with van der Waals surface area (Å²) in [4.78, 5) is 12.0. The summed E-state index contributed by atoms with van der Waals surface area (Å²) in [5, 5.41) is 3.08. The first-order valence-electron chi connectivity index (χ1n) is 5.57. The molecule has 17 heavy (non-hydrogen) atoms. The molecule has 1 rings (SSSR count). The summed E-state index contributed by atoms with van der Waals surface area (Å²) in [7, 11) is 3.14. The van der Waals surface area contributed by atoms with Crippen LogP contribution in [0.3, 0.4) is 0 Å². The van der Waals surface area contributed by atoms with Crippen LogP contribution in [0.25, 0.3) is 0 Å². The first kappa shape index (κ1) is 13.8. The highest BCUT2D eigenvalue weighted by molar-refractivity contribution is 5.99. The normalized spacial score (nSPS) is 12.7. The fourth-order valence-electron chi connectivity index (χ4n) is 1.48. The SMILES string of the molecule is COC(CNC(C)C(=O)c1ccccc1)OC. The van der Waals surface area contributed by atoms with Crippen LogP contribution in [0.15, 0.2) is 30.3 Å². The summed E-state index contributed by atoms with van der Waals surface area (Å²) in [5.74, 6) is 0.0663. The standard InChI is InChI=1S/C13H19NO3/c1-10(14-9-12(16-2)17-3)13(15)11-7-5-4-6-8-11/h4-8,10,12,14H,9H2,1-3H3. The Kier molecular flexibility index (Phi) is 5.83. The van der Waals surface area contributed by atoms with Gasteiger partial charge in [-0.15, -0.1) is 0 Å². The van der Waals surface area contributed by atoms with Gasteiger partial charge in [-0.3, -0.25) is 4.79 Å². The van der Waals surface area contributed by atoms with Crippen molar-refractivity contribution in [1.29, 1.82) is 0 Å². The average Bonchev–Trinajstić information content (AvgIpc) is 2.39.